The molecule has 1 atom stereocenters. The summed E-state index contributed by atoms with van der Waals surface area (Å²) in [7, 11) is 0. The summed E-state index contributed by atoms with van der Waals surface area (Å²) >= 11 is 0. The number of amides is 1. The highest BCUT2D eigenvalue weighted by atomic mass is 16.6. The molecule has 198 valence electrons. The third kappa shape index (κ3) is 5.39. The first-order valence-electron chi connectivity index (χ1n) is 12.9. The van der Waals surface area contributed by atoms with Crippen LogP contribution in [0.3, 0.4) is 0 Å². The summed E-state index contributed by atoms with van der Waals surface area (Å²) in [5.41, 5.74) is 3.55. The fourth-order valence-electron chi connectivity index (χ4n) is 5.25. The number of carboxylic acid groups (broad SMARTS) is 1. The molecule has 2 aromatic carbocycles. The molecule has 3 aliphatic rings. The fourth-order valence-corrected chi connectivity index (χ4v) is 5.25. The highest BCUT2D eigenvalue weighted by molar-refractivity contribution is 6.33. The zero-order valence-corrected chi connectivity index (χ0v) is 21.1. The molecule has 3 aliphatic heterocycles. The van der Waals surface area contributed by atoms with Crippen molar-refractivity contribution in [1.29, 1.82) is 5.41 Å². The quantitative estimate of drug-likeness (QED) is 0.342. The number of Topliss-reactive ketones (excluding diaryl/α,β-unsaturated/α-hetero) is 1. The number of piperidine rings is 1. The van der Waals surface area contributed by atoms with E-state index in [0.717, 1.165) is 37.3 Å². The molecule has 38 heavy (non-hydrogen) atoms. The van der Waals surface area contributed by atoms with E-state index in [4.69, 9.17) is 15.4 Å². The van der Waals surface area contributed by atoms with E-state index in [-0.39, 0.29) is 5.91 Å². The van der Waals surface area contributed by atoms with E-state index in [1.165, 1.54) is 5.69 Å². The van der Waals surface area contributed by atoms with Crippen molar-refractivity contribution >= 4 is 34.9 Å². The van der Waals surface area contributed by atoms with Gasteiger partial charge in [-0.15, -0.1) is 0 Å². The Balaban J connectivity index is 1.11. The number of benzene rings is 2. The van der Waals surface area contributed by atoms with E-state index < -0.39 is 23.8 Å². The molecular weight excluding hydrogens is 486 g/mol. The van der Waals surface area contributed by atoms with Gasteiger partial charge in [0.2, 0.25) is 11.9 Å². The summed E-state index contributed by atoms with van der Waals surface area (Å²) in [6.07, 6.45) is 0.291. The second kappa shape index (κ2) is 11.0. The molecule has 2 aromatic rings. The van der Waals surface area contributed by atoms with Crippen molar-refractivity contribution in [3.63, 3.8) is 0 Å². The molecule has 10 heteroatoms. The van der Waals surface area contributed by atoms with Crippen molar-refractivity contribution in [2.45, 2.75) is 25.4 Å². The first kappa shape index (κ1) is 25.4. The number of aliphatic carboxylic acids is 1. The van der Waals surface area contributed by atoms with Gasteiger partial charge in [0.05, 0.1) is 5.71 Å². The number of likely N-dealkylation sites (tertiary alicyclic amines) is 1. The van der Waals surface area contributed by atoms with Crippen LogP contribution >= 0.6 is 0 Å². The van der Waals surface area contributed by atoms with E-state index in [0.29, 0.717) is 43.9 Å². The molecule has 2 fully saturated rings. The number of piperazine rings is 1. The van der Waals surface area contributed by atoms with Crippen LogP contribution in [0.25, 0.3) is 0 Å². The molecule has 10 nitrogen and oxygen atoms in total. The molecule has 2 N–H and O–H groups in total. The number of para-hydroxylation sites is 1. The Kier molecular flexibility index (Phi) is 7.39. The number of nitrogens with zero attached hydrogens (tertiary/aromatic N) is 4. The van der Waals surface area contributed by atoms with Crippen molar-refractivity contribution < 1.29 is 24.3 Å². The first-order chi connectivity index (χ1) is 18.4. The van der Waals surface area contributed by atoms with Crippen LogP contribution in [-0.2, 0) is 19.2 Å². The van der Waals surface area contributed by atoms with E-state index in [1.807, 2.05) is 42.5 Å². The van der Waals surface area contributed by atoms with Crippen molar-refractivity contribution in [2.24, 2.45) is 11.1 Å². The minimum Gasteiger partial charge on any atom is -0.475 e. The van der Waals surface area contributed by atoms with Crippen LogP contribution in [0.5, 0.6) is 0 Å². The average Bonchev–Trinajstić information content (AvgIpc) is 3.47. The number of amidine groups is 1. The SMILES string of the molecule is N=C(c1ccc(C2=NOC(C(=O)N3CCC(C(=O)C(=O)O)CC3)C2)cc1)N1CCN(c2ccccc2)CC1. The van der Waals surface area contributed by atoms with Gasteiger partial charge in [0.1, 0.15) is 5.84 Å². The molecule has 0 aromatic heterocycles. The topological polar surface area (TPSA) is 127 Å². The molecule has 1 amide bonds. The third-order valence-electron chi connectivity index (χ3n) is 7.54. The predicted octanol–water partition coefficient (Wildman–Crippen LogP) is 2.22. The van der Waals surface area contributed by atoms with Gasteiger partial charge < -0.3 is 24.6 Å². The number of ketones is 1. The fraction of sp³-hybridized carbons (Fsp3) is 0.393. The molecule has 0 aliphatic carbocycles. The largest absolute Gasteiger partial charge is 0.475 e. The first-order valence-corrected chi connectivity index (χ1v) is 12.9. The Hall–Kier alpha value is -4.21. The number of carbonyl (C=O) groups excluding carboxylic acids is 2. The van der Waals surface area contributed by atoms with Crippen LogP contribution in [0.1, 0.15) is 30.4 Å². The van der Waals surface area contributed by atoms with Crippen LogP contribution in [0.15, 0.2) is 59.8 Å². The summed E-state index contributed by atoms with van der Waals surface area (Å²) in [6.45, 7) is 3.94. The Morgan fingerprint density at radius 1 is 0.868 bits per heavy atom. The summed E-state index contributed by atoms with van der Waals surface area (Å²) in [5, 5.41) is 21.7. The monoisotopic (exact) mass is 517 g/mol. The van der Waals surface area contributed by atoms with Crippen molar-refractivity contribution in [1.82, 2.24) is 9.80 Å². The van der Waals surface area contributed by atoms with Crippen LogP contribution < -0.4 is 4.90 Å². The molecule has 0 saturated carbocycles. The minimum atomic E-state index is -1.42. The lowest BCUT2D eigenvalue weighted by molar-refractivity contribution is -0.152. The molecular formula is C28H31N5O5. The van der Waals surface area contributed by atoms with Gasteiger partial charge in [-0.1, -0.05) is 47.6 Å². The zero-order chi connectivity index (χ0) is 26.6. The van der Waals surface area contributed by atoms with Crippen LogP contribution in [0.2, 0.25) is 0 Å². The Labute approximate surface area is 221 Å². The lowest BCUT2D eigenvalue weighted by Crippen LogP contribution is -2.48. The highest BCUT2D eigenvalue weighted by Crippen LogP contribution is 2.24. The Bertz CT molecular complexity index is 1230. The lowest BCUT2D eigenvalue weighted by Gasteiger charge is -2.37. The van der Waals surface area contributed by atoms with Gasteiger partial charge >= 0.3 is 5.97 Å². The summed E-state index contributed by atoms with van der Waals surface area (Å²) in [6, 6.07) is 17.9. The van der Waals surface area contributed by atoms with Gasteiger partial charge in [-0.2, -0.15) is 0 Å². The lowest BCUT2D eigenvalue weighted by atomic mass is 9.92. The van der Waals surface area contributed by atoms with Gasteiger partial charge in [-0.3, -0.25) is 15.0 Å². The van der Waals surface area contributed by atoms with Gasteiger partial charge in [0, 0.05) is 62.9 Å². The second-order valence-electron chi connectivity index (χ2n) is 9.84. The maximum Gasteiger partial charge on any atom is 0.372 e. The van der Waals surface area contributed by atoms with E-state index in [1.54, 1.807) is 4.90 Å². The number of hydrogen-bond donors (Lipinski definition) is 2. The number of nitrogens with one attached hydrogen (secondary N) is 1. The predicted molar refractivity (Wildman–Crippen MR) is 141 cm³/mol. The normalized spacial score (nSPS) is 20.1. The van der Waals surface area contributed by atoms with Gasteiger partial charge in [-0.25, -0.2) is 4.79 Å². The van der Waals surface area contributed by atoms with Crippen LogP contribution in [-0.4, -0.2) is 89.5 Å². The van der Waals surface area contributed by atoms with E-state index in [2.05, 4.69) is 27.1 Å². The number of rotatable bonds is 6. The van der Waals surface area contributed by atoms with Gasteiger partial charge in [-0.05, 0) is 30.5 Å². The average molecular weight is 518 g/mol. The number of carboxylic acids is 1. The molecule has 5 rings (SSSR count). The standard InChI is InChI=1S/C28H31N5O5/c29-26(32-16-14-31(15-17-32)22-4-2-1-3-5-22)21-8-6-19(7-9-21)23-18-24(38-30-23)27(35)33-12-10-20(11-13-33)25(34)28(36)37/h1-9,20,24,29H,10-18H2,(H,36,37). The van der Waals surface area contributed by atoms with Crippen molar-refractivity contribution in [3.05, 3.63) is 65.7 Å². The van der Waals surface area contributed by atoms with Gasteiger partial charge in [0.15, 0.2) is 0 Å². The number of anilines is 1. The third-order valence-corrected chi connectivity index (χ3v) is 7.54. The number of oxime groups is 1. The Morgan fingerprint density at radius 3 is 2.16 bits per heavy atom. The number of hydrogen-bond acceptors (Lipinski definition) is 7. The van der Waals surface area contributed by atoms with E-state index >= 15 is 0 Å². The zero-order valence-electron chi connectivity index (χ0n) is 21.1. The minimum absolute atomic E-state index is 0.196. The maximum absolute atomic E-state index is 12.9. The molecule has 1 unspecified atom stereocenters. The molecule has 0 spiro atoms. The number of carbonyl (C=O) groups is 3. The summed E-state index contributed by atoms with van der Waals surface area (Å²) in [5.74, 6) is -2.45. The van der Waals surface area contributed by atoms with Crippen LogP contribution in [0.4, 0.5) is 5.69 Å². The van der Waals surface area contributed by atoms with E-state index in [9.17, 15) is 14.4 Å². The van der Waals surface area contributed by atoms with Crippen molar-refractivity contribution in [3.8, 4) is 0 Å². The summed E-state index contributed by atoms with van der Waals surface area (Å²) < 4.78 is 0. The molecule has 0 bridgehead atoms. The highest BCUT2D eigenvalue weighted by Gasteiger charge is 2.36. The molecule has 2 saturated heterocycles. The van der Waals surface area contributed by atoms with Crippen LogP contribution in [0, 0.1) is 11.3 Å². The van der Waals surface area contributed by atoms with Gasteiger partial charge in [0.25, 0.3) is 5.91 Å². The smallest absolute Gasteiger partial charge is 0.372 e. The molecule has 3 heterocycles. The molecule has 0 radical (unpaired) electrons. The maximum atomic E-state index is 12.9. The summed E-state index contributed by atoms with van der Waals surface area (Å²) in [4.78, 5) is 47.0. The second-order valence-corrected chi connectivity index (χ2v) is 9.84. The Morgan fingerprint density at radius 2 is 1.53 bits per heavy atom. The van der Waals surface area contributed by atoms with Crippen molar-refractivity contribution in [2.75, 3.05) is 44.2 Å².